The van der Waals surface area contributed by atoms with Crippen molar-refractivity contribution in [3.05, 3.63) is 66.2 Å². The molecular weight excluding hydrogens is 632 g/mol. The van der Waals surface area contributed by atoms with Gasteiger partial charge in [0.1, 0.15) is 6.04 Å². The number of hydrazone groups is 1. The Morgan fingerprint density at radius 1 is 0.714 bits per heavy atom. The van der Waals surface area contributed by atoms with E-state index in [0.29, 0.717) is 11.4 Å². The number of amides is 4. The summed E-state index contributed by atoms with van der Waals surface area (Å²) < 4.78 is 21.8. The first kappa shape index (κ1) is 38.4. The SMILES string of the molecule is CC(C)OC(=O)NN(C[C@@H]([C@@H]1N(c2ccccc2)N=C(c2ccccc2)C1(C)C)N(NC(=O)OC(C)C)C(=O)OC(C)C)C(=O)OC(C)C. The Morgan fingerprint density at radius 3 is 1.69 bits per heavy atom. The summed E-state index contributed by atoms with van der Waals surface area (Å²) in [5.41, 5.74) is 6.33. The molecule has 4 amide bonds. The maximum Gasteiger partial charge on any atom is 0.429 e. The van der Waals surface area contributed by atoms with Crippen molar-refractivity contribution >= 4 is 35.8 Å². The zero-order valence-corrected chi connectivity index (χ0v) is 30.0. The fourth-order valence-electron chi connectivity index (χ4n) is 5.37. The highest BCUT2D eigenvalue weighted by molar-refractivity contribution is 6.07. The van der Waals surface area contributed by atoms with Gasteiger partial charge in [0, 0.05) is 5.41 Å². The predicted octanol–water partition coefficient (Wildman–Crippen LogP) is 6.47. The van der Waals surface area contributed by atoms with Gasteiger partial charge in [-0.25, -0.2) is 40.0 Å². The third kappa shape index (κ3) is 10.5. The average molecular weight is 683 g/mol. The fraction of sp³-hybridized carbons (Fsp3) is 0.514. The minimum Gasteiger partial charge on any atom is -0.446 e. The molecule has 0 saturated heterocycles. The molecular formula is C35H50N6O8. The van der Waals surface area contributed by atoms with Crippen molar-refractivity contribution in [3.8, 4) is 0 Å². The van der Waals surface area contributed by atoms with Gasteiger partial charge in [0.15, 0.2) is 0 Å². The molecule has 0 saturated carbocycles. The molecule has 1 aliphatic heterocycles. The number of para-hydroxylation sites is 1. The van der Waals surface area contributed by atoms with E-state index in [1.807, 2.05) is 74.5 Å². The summed E-state index contributed by atoms with van der Waals surface area (Å²) in [5, 5.41) is 8.75. The van der Waals surface area contributed by atoms with E-state index in [0.717, 1.165) is 15.6 Å². The summed E-state index contributed by atoms with van der Waals surface area (Å²) >= 11 is 0. The third-order valence-electron chi connectivity index (χ3n) is 7.17. The van der Waals surface area contributed by atoms with Gasteiger partial charge in [-0.05, 0) is 73.1 Å². The summed E-state index contributed by atoms with van der Waals surface area (Å²) in [6.45, 7) is 16.8. The largest absolute Gasteiger partial charge is 0.446 e. The fourth-order valence-corrected chi connectivity index (χ4v) is 5.37. The van der Waals surface area contributed by atoms with Crippen LogP contribution in [0.1, 0.15) is 74.8 Å². The Labute approximate surface area is 288 Å². The lowest BCUT2D eigenvalue weighted by Crippen LogP contribution is -2.67. The van der Waals surface area contributed by atoms with Gasteiger partial charge in [0.05, 0.1) is 48.4 Å². The van der Waals surface area contributed by atoms with Crippen LogP contribution < -0.4 is 15.9 Å². The second-order valence-electron chi connectivity index (χ2n) is 13.2. The third-order valence-corrected chi connectivity index (χ3v) is 7.17. The first-order valence-electron chi connectivity index (χ1n) is 16.4. The average Bonchev–Trinajstić information content (AvgIpc) is 3.28. The molecule has 14 nitrogen and oxygen atoms in total. The quantitative estimate of drug-likeness (QED) is 0.212. The molecule has 2 N–H and O–H groups in total. The maximum absolute atomic E-state index is 14.0. The van der Waals surface area contributed by atoms with Gasteiger partial charge < -0.3 is 18.9 Å². The monoisotopic (exact) mass is 682 g/mol. The van der Waals surface area contributed by atoms with Crippen molar-refractivity contribution < 1.29 is 38.1 Å². The molecule has 0 spiro atoms. The van der Waals surface area contributed by atoms with E-state index >= 15 is 0 Å². The Bertz CT molecular complexity index is 1450. The molecule has 14 heteroatoms. The second-order valence-corrected chi connectivity index (χ2v) is 13.2. The number of carbonyl (C=O) groups is 4. The Kier molecular flexibility index (Phi) is 13.2. The highest BCUT2D eigenvalue weighted by atomic mass is 16.6. The van der Waals surface area contributed by atoms with E-state index < -0.39 is 72.8 Å². The number of benzene rings is 2. The van der Waals surface area contributed by atoms with E-state index in [1.54, 1.807) is 60.4 Å². The Balaban J connectivity index is 2.30. The molecule has 0 aromatic heterocycles. The maximum atomic E-state index is 14.0. The molecule has 0 radical (unpaired) electrons. The van der Waals surface area contributed by atoms with Crippen molar-refractivity contribution in [1.82, 2.24) is 20.9 Å². The minimum absolute atomic E-state index is 0.414. The van der Waals surface area contributed by atoms with Gasteiger partial charge >= 0.3 is 24.4 Å². The van der Waals surface area contributed by atoms with Crippen molar-refractivity contribution in [3.63, 3.8) is 0 Å². The van der Waals surface area contributed by atoms with E-state index in [9.17, 15) is 19.2 Å². The summed E-state index contributed by atoms with van der Waals surface area (Å²) in [6, 6.07) is 16.9. The number of nitrogens with one attached hydrogen (secondary N) is 2. The zero-order chi connectivity index (χ0) is 36.5. The molecule has 0 fully saturated rings. The molecule has 1 heterocycles. The first-order valence-corrected chi connectivity index (χ1v) is 16.4. The molecule has 49 heavy (non-hydrogen) atoms. The minimum atomic E-state index is -1.18. The number of ether oxygens (including phenoxy) is 4. The van der Waals surface area contributed by atoms with Crippen LogP contribution in [0.4, 0.5) is 24.9 Å². The smallest absolute Gasteiger partial charge is 0.429 e. The van der Waals surface area contributed by atoms with Crippen LogP contribution in [0.25, 0.3) is 0 Å². The Morgan fingerprint density at radius 2 is 1.18 bits per heavy atom. The number of carbonyl (C=O) groups excluding carboxylic acids is 4. The van der Waals surface area contributed by atoms with Gasteiger partial charge in [-0.2, -0.15) is 5.10 Å². The number of hydrazine groups is 2. The van der Waals surface area contributed by atoms with E-state index in [4.69, 9.17) is 24.0 Å². The number of nitrogens with zero attached hydrogens (tertiary/aromatic N) is 4. The number of anilines is 1. The normalized spacial score (nSPS) is 15.8. The van der Waals surface area contributed by atoms with Crippen LogP contribution in [-0.4, -0.2) is 83.1 Å². The zero-order valence-electron chi connectivity index (χ0n) is 30.0. The molecule has 268 valence electrons. The van der Waals surface area contributed by atoms with Crippen LogP contribution in [-0.2, 0) is 18.9 Å². The van der Waals surface area contributed by atoms with Crippen LogP contribution in [0.3, 0.4) is 0 Å². The highest BCUT2D eigenvalue weighted by Crippen LogP contribution is 2.42. The standard InChI is InChI=1S/C35H50N6O8/c1-22(2)46-31(42)37-39(33(44)48-24(5)6)21-28(41(34(45)49-25(7)8)38-32(43)47-23(3)4)30-35(9,10)29(26-17-13-11-14-18-26)36-40(30)27-19-15-12-16-20-27/h11-20,22-25,28,30H,21H2,1-10H3,(H,37,42)(H,38,43)/t28-,30-/m0/s1. The van der Waals surface area contributed by atoms with Crippen molar-refractivity contribution in [1.29, 1.82) is 0 Å². The molecule has 0 unspecified atom stereocenters. The summed E-state index contributed by atoms with van der Waals surface area (Å²) in [7, 11) is 0. The van der Waals surface area contributed by atoms with Gasteiger partial charge in [-0.15, -0.1) is 0 Å². The molecule has 2 aromatic rings. The Hall–Kier alpha value is -5.01. The molecule has 3 rings (SSSR count). The van der Waals surface area contributed by atoms with Crippen LogP contribution in [0.5, 0.6) is 0 Å². The van der Waals surface area contributed by atoms with E-state index in [-0.39, 0.29) is 0 Å². The molecule has 0 bridgehead atoms. The van der Waals surface area contributed by atoms with Crippen molar-refractivity contribution in [2.75, 3.05) is 11.6 Å². The van der Waals surface area contributed by atoms with Crippen LogP contribution in [0, 0.1) is 5.41 Å². The van der Waals surface area contributed by atoms with Gasteiger partial charge in [0.2, 0.25) is 0 Å². The summed E-state index contributed by atoms with van der Waals surface area (Å²) in [5.74, 6) is 0. The summed E-state index contributed by atoms with van der Waals surface area (Å²) in [4.78, 5) is 53.8. The summed E-state index contributed by atoms with van der Waals surface area (Å²) in [6.07, 6.45) is -5.89. The lowest BCUT2D eigenvalue weighted by Gasteiger charge is -2.44. The van der Waals surface area contributed by atoms with E-state index in [1.165, 1.54) is 0 Å². The van der Waals surface area contributed by atoms with Crippen LogP contribution in [0.2, 0.25) is 0 Å². The van der Waals surface area contributed by atoms with Crippen molar-refractivity contribution in [2.45, 2.75) is 106 Å². The molecule has 2 aromatic carbocycles. The topological polar surface area (TPSA) is 151 Å². The first-order chi connectivity index (χ1) is 23.0. The van der Waals surface area contributed by atoms with Crippen LogP contribution >= 0.6 is 0 Å². The van der Waals surface area contributed by atoms with Gasteiger partial charge in [-0.1, -0.05) is 62.4 Å². The lowest BCUT2D eigenvalue weighted by molar-refractivity contribution is 0.000962. The number of hydrogen-bond donors (Lipinski definition) is 2. The lowest BCUT2D eigenvalue weighted by atomic mass is 9.74. The molecule has 2 atom stereocenters. The van der Waals surface area contributed by atoms with Crippen molar-refractivity contribution in [2.24, 2.45) is 10.5 Å². The number of hydrogen-bond acceptors (Lipinski definition) is 10. The van der Waals surface area contributed by atoms with Gasteiger partial charge in [0.25, 0.3) is 0 Å². The highest BCUT2D eigenvalue weighted by Gasteiger charge is 2.53. The molecule has 1 aliphatic rings. The number of rotatable bonds is 10. The van der Waals surface area contributed by atoms with Gasteiger partial charge in [-0.3, -0.25) is 5.01 Å². The second kappa shape index (κ2) is 16.9. The predicted molar refractivity (Wildman–Crippen MR) is 185 cm³/mol. The molecule has 0 aliphatic carbocycles. The van der Waals surface area contributed by atoms with E-state index in [2.05, 4.69) is 10.9 Å². The van der Waals surface area contributed by atoms with Crippen LogP contribution in [0.15, 0.2) is 65.8 Å².